The normalized spacial score (nSPS) is 10.5. The number of aromatic nitrogens is 4. The highest BCUT2D eigenvalue weighted by Crippen LogP contribution is 2.25. The molecule has 7 nitrogen and oxygen atoms in total. The number of rotatable bonds is 5. The standard InChI is InChI=1S/C15H13ClN6O/c16-12-4-2-1-3-11(12)8-23-14-6-5-10(15(17)18)7-13(14)22-9-19-20-21-22/h1-7,9H,8H2,(H3,17,18). The highest BCUT2D eigenvalue weighted by atomic mass is 35.5. The molecule has 0 aliphatic rings. The van der Waals surface area contributed by atoms with Gasteiger partial charge in [-0.1, -0.05) is 29.8 Å². The smallest absolute Gasteiger partial charge is 0.145 e. The van der Waals surface area contributed by atoms with Gasteiger partial charge in [0.2, 0.25) is 0 Å². The molecule has 0 amide bonds. The number of nitrogens with zero attached hydrogens (tertiary/aromatic N) is 4. The van der Waals surface area contributed by atoms with Crippen molar-refractivity contribution in [3.63, 3.8) is 0 Å². The van der Waals surface area contributed by atoms with Crippen LogP contribution in [0.4, 0.5) is 0 Å². The third-order valence-electron chi connectivity index (χ3n) is 3.21. The SMILES string of the molecule is N=C(N)c1ccc(OCc2ccccc2Cl)c(-n2cnnn2)c1. The molecule has 1 aromatic heterocycles. The Bertz CT molecular complexity index is 834. The number of tetrazole rings is 1. The van der Waals surface area contributed by atoms with Gasteiger partial charge in [0.15, 0.2) is 0 Å². The minimum Gasteiger partial charge on any atom is -0.487 e. The van der Waals surface area contributed by atoms with E-state index in [0.29, 0.717) is 28.6 Å². The summed E-state index contributed by atoms with van der Waals surface area (Å²) in [5.74, 6) is 0.513. The Morgan fingerprint density at radius 2 is 2.09 bits per heavy atom. The zero-order chi connectivity index (χ0) is 16.2. The van der Waals surface area contributed by atoms with Crippen molar-refractivity contribution in [2.24, 2.45) is 5.73 Å². The predicted octanol–water partition coefficient (Wildman–Crippen LogP) is 2.18. The lowest BCUT2D eigenvalue weighted by molar-refractivity contribution is 0.304. The molecule has 3 aromatic rings. The highest BCUT2D eigenvalue weighted by Gasteiger charge is 2.11. The second kappa shape index (κ2) is 6.45. The third kappa shape index (κ3) is 3.29. The third-order valence-corrected chi connectivity index (χ3v) is 3.58. The molecule has 116 valence electrons. The van der Waals surface area contributed by atoms with Crippen LogP contribution in [0.25, 0.3) is 5.69 Å². The average molecular weight is 329 g/mol. The Hall–Kier alpha value is -2.93. The summed E-state index contributed by atoms with van der Waals surface area (Å²) in [6.45, 7) is 0.300. The molecule has 0 saturated heterocycles. The van der Waals surface area contributed by atoms with Crippen LogP contribution < -0.4 is 10.5 Å². The minimum atomic E-state index is -0.0445. The van der Waals surface area contributed by atoms with E-state index in [2.05, 4.69) is 15.5 Å². The zero-order valence-corrected chi connectivity index (χ0v) is 12.7. The molecule has 3 rings (SSSR count). The van der Waals surface area contributed by atoms with Gasteiger partial charge in [0.25, 0.3) is 0 Å². The van der Waals surface area contributed by atoms with Gasteiger partial charge in [-0.15, -0.1) is 5.10 Å². The lowest BCUT2D eigenvalue weighted by atomic mass is 10.1. The number of halogens is 1. The van der Waals surface area contributed by atoms with Crippen LogP contribution in [0.1, 0.15) is 11.1 Å². The number of hydrogen-bond donors (Lipinski definition) is 2. The monoisotopic (exact) mass is 328 g/mol. The van der Waals surface area contributed by atoms with Crippen molar-refractivity contribution in [2.75, 3.05) is 0 Å². The van der Waals surface area contributed by atoms with Crippen LogP contribution in [0, 0.1) is 5.41 Å². The molecular weight excluding hydrogens is 316 g/mol. The maximum atomic E-state index is 7.55. The average Bonchev–Trinajstić information content (AvgIpc) is 3.08. The zero-order valence-electron chi connectivity index (χ0n) is 12.0. The van der Waals surface area contributed by atoms with Crippen LogP contribution in [0.15, 0.2) is 48.8 Å². The lowest BCUT2D eigenvalue weighted by Crippen LogP contribution is -2.12. The van der Waals surface area contributed by atoms with E-state index in [1.807, 2.05) is 18.2 Å². The van der Waals surface area contributed by atoms with Crippen molar-refractivity contribution >= 4 is 17.4 Å². The minimum absolute atomic E-state index is 0.0445. The van der Waals surface area contributed by atoms with E-state index >= 15 is 0 Å². The van der Waals surface area contributed by atoms with Crippen molar-refractivity contribution < 1.29 is 4.74 Å². The molecular formula is C15H13ClN6O. The quantitative estimate of drug-likeness (QED) is 0.552. The van der Waals surface area contributed by atoms with Crippen LogP contribution in [-0.2, 0) is 6.61 Å². The van der Waals surface area contributed by atoms with Gasteiger partial charge in [-0.25, -0.2) is 0 Å². The predicted molar refractivity (Wildman–Crippen MR) is 86.0 cm³/mol. The number of benzene rings is 2. The number of nitrogens with two attached hydrogens (primary N) is 1. The summed E-state index contributed by atoms with van der Waals surface area (Å²) in [4.78, 5) is 0. The summed E-state index contributed by atoms with van der Waals surface area (Å²) >= 11 is 6.13. The van der Waals surface area contributed by atoms with Crippen molar-refractivity contribution in [1.82, 2.24) is 20.2 Å². The van der Waals surface area contributed by atoms with Crippen LogP contribution in [0.3, 0.4) is 0 Å². The number of nitrogens with one attached hydrogen (secondary N) is 1. The molecule has 0 fully saturated rings. The summed E-state index contributed by atoms with van der Waals surface area (Å²) in [7, 11) is 0. The molecule has 2 aromatic carbocycles. The van der Waals surface area contributed by atoms with E-state index in [0.717, 1.165) is 5.56 Å². The Balaban J connectivity index is 1.92. The fourth-order valence-corrected chi connectivity index (χ4v) is 2.22. The molecule has 0 spiro atoms. The first-order chi connectivity index (χ1) is 11.1. The number of ether oxygens (including phenoxy) is 1. The van der Waals surface area contributed by atoms with Gasteiger partial charge in [-0.3, -0.25) is 5.41 Å². The number of amidine groups is 1. The molecule has 0 atom stereocenters. The van der Waals surface area contributed by atoms with Crippen molar-refractivity contribution in [3.8, 4) is 11.4 Å². The van der Waals surface area contributed by atoms with Crippen LogP contribution >= 0.6 is 11.6 Å². The molecule has 0 aliphatic heterocycles. The van der Waals surface area contributed by atoms with E-state index in [-0.39, 0.29) is 5.84 Å². The molecule has 0 bridgehead atoms. The maximum Gasteiger partial charge on any atom is 0.145 e. The summed E-state index contributed by atoms with van der Waals surface area (Å²) in [5, 5.41) is 19.3. The summed E-state index contributed by atoms with van der Waals surface area (Å²) in [5.41, 5.74) is 7.55. The van der Waals surface area contributed by atoms with Crippen LogP contribution in [-0.4, -0.2) is 26.0 Å². The molecule has 23 heavy (non-hydrogen) atoms. The first kappa shape index (κ1) is 15.0. The summed E-state index contributed by atoms with van der Waals surface area (Å²) < 4.78 is 7.30. The highest BCUT2D eigenvalue weighted by molar-refractivity contribution is 6.31. The van der Waals surface area contributed by atoms with Crippen LogP contribution in [0.2, 0.25) is 5.02 Å². The van der Waals surface area contributed by atoms with Gasteiger partial charge in [0, 0.05) is 16.1 Å². The van der Waals surface area contributed by atoms with Crippen molar-refractivity contribution in [3.05, 3.63) is 64.9 Å². The molecule has 0 unspecified atom stereocenters. The Morgan fingerprint density at radius 3 is 2.78 bits per heavy atom. The van der Waals surface area contributed by atoms with Crippen molar-refractivity contribution in [2.45, 2.75) is 6.61 Å². The fraction of sp³-hybridized carbons (Fsp3) is 0.0667. The Morgan fingerprint density at radius 1 is 1.26 bits per heavy atom. The van der Waals surface area contributed by atoms with E-state index in [1.54, 1.807) is 24.3 Å². The summed E-state index contributed by atoms with van der Waals surface area (Å²) in [6.07, 6.45) is 1.45. The second-order valence-electron chi connectivity index (χ2n) is 4.73. The van der Waals surface area contributed by atoms with E-state index in [1.165, 1.54) is 11.0 Å². The molecule has 3 N–H and O–H groups in total. The van der Waals surface area contributed by atoms with Crippen molar-refractivity contribution in [1.29, 1.82) is 5.41 Å². The molecule has 0 radical (unpaired) electrons. The fourth-order valence-electron chi connectivity index (χ4n) is 2.03. The van der Waals surface area contributed by atoms with Gasteiger partial charge in [0.1, 0.15) is 30.2 Å². The van der Waals surface area contributed by atoms with Gasteiger partial charge in [-0.05, 0) is 34.7 Å². The first-order valence-electron chi connectivity index (χ1n) is 6.73. The van der Waals surface area contributed by atoms with E-state index in [9.17, 15) is 0 Å². The molecule has 8 heteroatoms. The van der Waals surface area contributed by atoms with Crippen LogP contribution in [0.5, 0.6) is 5.75 Å². The van der Waals surface area contributed by atoms with Gasteiger partial charge >= 0.3 is 0 Å². The second-order valence-corrected chi connectivity index (χ2v) is 5.14. The first-order valence-corrected chi connectivity index (χ1v) is 7.11. The number of nitrogen functional groups attached to an aromatic ring is 1. The van der Waals surface area contributed by atoms with Gasteiger partial charge < -0.3 is 10.5 Å². The van der Waals surface area contributed by atoms with E-state index < -0.39 is 0 Å². The molecule has 0 saturated carbocycles. The maximum absolute atomic E-state index is 7.55. The largest absolute Gasteiger partial charge is 0.487 e. The van der Waals surface area contributed by atoms with Gasteiger partial charge in [-0.2, -0.15) is 4.68 Å². The molecule has 0 aliphatic carbocycles. The number of hydrogen-bond acceptors (Lipinski definition) is 5. The Kier molecular flexibility index (Phi) is 4.20. The summed E-state index contributed by atoms with van der Waals surface area (Å²) in [6, 6.07) is 12.6. The van der Waals surface area contributed by atoms with E-state index in [4.69, 9.17) is 27.5 Å². The molecule has 1 heterocycles. The lowest BCUT2D eigenvalue weighted by Gasteiger charge is -2.13. The Labute approximate surface area is 137 Å². The topological polar surface area (TPSA) is 103 Å². The van der Waals surface area contributed by atoms with Gasteiger partial charge in [0.05, 0.1) is 0 Å².